The van der Waals surface area contributed by atoms with Crippen LogP contribution in [-0.2, 0) is 11.2 Å². The van der Waals surface area contributed by atoms with Crippen LogP contribution in [0, 0.1) is 5.82 Å². The van der Waals surface area contributed by atoms with E-state index in [4.69, 9.17) is 9.26 Å². The topological polar surface area (TPSA) is 148 Å². The molecule has 0 bridgehead atoms. The zero-order valence-electron chi connectivity index (χ0n) is 27.3. The highest BCUT2D eigenvalue weighted by Crippen LogP contribution is 2.42. The van der Waals surface area contributed by atoms with E-state index in [1.165, 1.54) is 6.07 Å². The maximum atomic E-state index is 15.6. The van der Waals surface area contributed by atoms with Gasteiger partial charge in [-0.3, -0.25) is 19.4 Å². The number of amides is 2. The van der Waals surface area contributed by atoms with Gasteiger partial charge < -0.3 is 34.3 Å². The second-order valence-electron chi connectivity index (χ2n) is 12.4. The van der Waals surface area contributed by atoms with E-state index in [9.17, 15) is 14.4 Å². The van der Waals surface area contributed by atoms with Crippen molar-refractivity contribution in [1.82, 2.24) is 35.2 Å². The van der Waals surface area contributed by atoms with Gasteiger partial charge in [0.15, 0.2) is 11.6 Å². The number of unbranched alkanes of at least 4 members (excludes halogenated alkanes) is 3. The third kappa shape index (κ3) is 7.33. The van der Waals surface area contributed by atoms with Crippen LogP contribution in [0.15, 0.2) is 46.1 Å². The van der Waals surface area contributed by atoms with Crippen molar-refractivity contribution in [1.29, 1.82) is 0 Å². The number of carbonyl (C=O) groups excluding carboxylic acids is 2. The van der Waals surface area contributed by atoms with Gasteiger partial charge in [0.2, 0.25) is 23.1 Å². The first kappa shape index (κ1) is 33.1. The summed E-state index contributed by atoms with van der Waals surface area (Å²) in [6, 6.07) is 4.70. The lowest BCUT2D eigenvalue weighted by atomic mass is 10.0. The molecule has 3 aromatic heterocycles. The second kappa shape index (κ2) is 14.9. The van der Waals surface area contributed by atoms with Crippen LogP contribution < -0.4 is 25.7 Å². The normalized spacial score (nSPS) is 16.1. The molecule has 48 heavy (non-hydrogen) atoms. The number of piperazine rings is 1. The monoisotopic (exact) mass is 660 g/mol. The molecule has 2 N–H and O–H groups in total. The Kier molecular flexibility index (Phi) is 10.3. The average molecular weight is 661 g/mol. The van der Waals surface area contributed by atoms with Gasteiger partial charge in [0.1, 0.15) is 17.9 Å². The highest BCUT2D eigenvalue weighted by Gasteiger charge is 2.31. The molecule has 1 saturated heterocycles. The lowest BCUT2D eigenvalue weighted by molar-refractivity contribution is -0.121. The van der Waals surface area contributed by atoms with Gasteiger partial charge in [-0.05, 0) is 45.0 Å². The van der Waals surface area contributed by atoms with Crippen molar-refractivity contribution in [3.63, 3.8) is 0 Å². The molecule has 14 heteroatoms. The van der Waals surface area contributed by atoms with E-state index in [2.05, 4.69) is 30.7 Å². The van der Waals surface area contributed by atoms with Crippen molar-refractivity contribution < 1.29 is 23.2 Å². The number of pyridine rings is 2. The minimum Gasteiger partial charge on any atom is -0.487 e. The largest absolute Gasteiger partial charge is 0.487 e. The number of hydrogen-bond donors (Lipinski definition) is 2. The number of rotatable bonds is 13. The van der Waals surface area contributed by atoms with Gasteiger partial charge in [-0.2, -0.15) is 4.98 Å². The van der Waals surface area contributed by atoms with Gasteiger partial charge in [0.25, 0.3) is 5.91 Å². The summed E-state index contributed by atoms with van der Waals surface area (Å²) in [5.74, 6) is 0.158. The van der Waals surface area contributed by atoms with E-state index >= 15 is 4.39 Å². The Morgan fingerprint density at radius 3 is 2.52 bits per heavy atom. The molecule has 6 rings (SSSR count). The molecular weight excluding hydrogens is 619 g/mol. The van der Waals surface area contributed by atoms with Crippen LogP contribution in [0.25, 0.3) is 22.3 Å². The third-order valence-electron chi connectivity index (χ3n) is 8.89. The number of benzene rings is 1. The summed E-state index contributed by atoms with van der Waals surface area (Å²) in [5, 5.41) is 9.86. The predicted molar refractivity (Wildman–Crippen MR) is 178 cm³/mol. The Balaban J connectivity index is 0.952. The van der Waals surface area contributed by atoms with Gasteiger partial charge in [-0.1, -0.05) is 18.0 Å². The van der Waals surface area contributed by atoms with E-state index in [-0.39, 0.29) is 29.3 Å². The number of anilines is 1. The zero-order chi connectivity index (χ0) is 33.6. The number of nitrogens with one attached hydrogen (secondary N) is 2. The summed E-state index contributed by atoms with van der Waals surface area (Å²) < 4.78 is 28.7. The highest BCUT2D eigenvalue weighted by atomic mass is 19.1. The molecular formula is C34H41FN8O5. The van der Waals surface area contributed by atoms with E-state index in [1.807, 2.05) is 23.4 Å². The fourth-order valence-electron chi connectivity index (χ4n) is 6.11. The first-order valence-corrected chi connectivity index (χ1v) is 16.6. The summed E-state index contributed by atoms with van der Waals surface area (Å²) in [6.45, 7) is 6.11. The maximum absolute atomic E-state index is 15.6. The van der Waals surface area contributed by atoms with Crippen molar-refractivity contribution in [2.24, 2.45) is 0 Å². The molecule has 2 aliphatic rings. The van der Waals surface area contributed by atoms with E-state index in [0.717, 1.165) is 44.3 Å². The van der Waals surface area contributed by atoms with Crippen molar-refractivity contribution in [2.75, 3.05) is 57.8 Å². The predicted octanol–water partition coefficient (Wildman–Crippen LogP) is 3.33. The molecule has 1 unspecified atom stereocenters. The van der Waals surface area contributed by atoms with Crippen LogP contribution in [0.2, 0.25) is 0 Å². The fourth-order valence-corrected chi connectivity index (χ4v) is 6.11. The lowest BCUT2D eigenvalue weighted by Crippen LogP contribution is -2.45. The number of hydrogen-bond acceptors (Lipinski definition) is 10. The van der Waals surface area contributed by atoms with E-state index in [1.54, 1.807) is 30.7 Å². The highest BCUT2D eigenvalue weighted by molar-refractivity contribution is 6.00. The molecule has 0 radical (unpaired) electrons. The Bertz CT molecular complexity index is 1820. The molecule has 2 aliphatic heterocycles. The number of likely N-dealkylation sites (N-methyl/N-ethyl adjacent to an activating group) is 1. The van der Waals surface area contributed by atoms with Crippen molar-refractivity contribution in [3.8, 4) is 17.1 Å². The summed E-state index contributed by atoms with van der Waals surface area (Å²) >= 11 is 0. The Morgan fingerprint density at radius 2 is 1.77 bits per heavy atom. The molecule has 0 saturated carbocycles. The van der Waals surface area contributed by atoms with Gasteiger partial charge in [-0.25, -0.2) is 4.39 Å². The molecule has 254 valence electrons. The van der Waals surface area contributed by atoms with Crippen molar-refractivity contribution in [2.45, 2.75) is 51.5 Å². The molecule has 1 atom stereocenters. The van der Waals surface area contributed by atoms with Gasteiger partial charge in [0, 0.05) is 76.3 Å². The van der Waals surface area contributed by atoms with Crippen LogP contribution in [0.3, 0.4) is 0 Å². The SMILES string of the molecule is CC1COc2c(N3CCN(C)CC3)c(F)cc3c(=O)c(C(=O)NCCCCCCNC(=O)CCc4nc(-c5ccncc5)no4)cn1c23. The number of halogens is 1. The zero-order valence-corrected chi connectivity index (χ0v) is 27.3. The minimum atomic E-state index is -0.517. The van der Waals surface area contributed by atoms with Crippen LogP contribution in [0.1, 0.15) is 61.3 Å². The van der Waals surface area contributed by atoms with Crippen molar-refractivity contribution in [3.05, 3.63) is 64.3 Å². The maximum Gasteiger partial charge on any atom is 0.256 e. The molecule has 1 fully saturated rings. The van der Waals surface area contributed by atoms with Crippen LogP contribution in [0.4, 0.5) is 10.1 Å². The average Bonchev–Trinajstić information content (AvgIpc) is 3.57. The number of aryl methyl sites for hydroxylation is 1. The molecule has 5 heterocycles. The first-order chi connectivity index (χ1) is 23.3. The molecule has 0 spiro atoms. The van der Waals surface area contributed by atoms with Gasteiger partial charge >= 0.3 is 0 Å². The quantitative estimate of drug-likeness (QED) is 0.205. The fraction of sp³-hybridized carbons (Fsp3) is 0.471. The Hall–Kier alpha value is -4.85. The van der Waals surface area contributed by atoms with Crippen LogP contribution in [-0.4, -0.2) is 89.3 Å². The number of ether oxygens (including phenoxy) is 1. The first-order valence-electron chi connectivity index (χ1n) is 16.6. The summed E-state index contributed by atoms with van der Waals surface area (Å²) in [6.07, 6.45) is 8.72. The molecule has 1 aromatic carbocycles. The molecule has 0 aliphatic carbocycles. The summed E-state index contributed by atoms with van der Waals surface area (Å²) in [5.41, 5.74) is 1.19. The van der Waals surface area contributed by atoms with Crippen molar-refractivity contribution >= 4 is 28.4 Å². The van der Waals surface area contributed by atoms with Crippen LogP contribution >= 0.6 is 0 Å². The van der Waals surface area contributed by atoms with E-state index in [0.29, 0.717) is 67.9 Å². The van der Waals surface area contributed by atoms with Gasteiger partial charge in [-0.15, -0.1) is 0 Å². The molecule has 4 aromatic rings. The third-order valence-corrected chi connectivity index (χ3v) is 8.89. The second-order valence-corrected chi connectivity index (χ2v) is 12.4. The molecule has 13 nitrogen and oxygen atoms in total. The number of nitrogens with zero attached hydrogens (tertiary/aromatic N) is 6. The van der Waals surface area contributed by atoms with Gasteiger partial charge in [0.05, 0.1) is 16.9 Å². The summed E-state index contributed by atoms with van der Waals surface area (Å²) in [4.78, 5) is 51.3. The smallest absolute Gasteiger partial charge is 0.256 e. The Morgan fingerprint density at radius 1 is 1.04 bits per heavy atom. The lowest BCUT2D eigenvalue weighted by Gasteiger charge is -2.37. The minimum absolute atomic E-state index is 0.00854. The van der Waals surface area contributed by atoms with Crippen LogP contribution in [0.5, 0.6) is 5.75 Å². The molecule has 2 amide bonds. The number of aromatic nitrogens is 4. The van der Waals surface area contributed by atoms with E-state index < -0.39 is 17.2 Å². The number of carbonyl (C=O) groups is 2. The standard InChI is InChI=1S/C34H41FN8O5/c1-22-21-47-32-29-24(19-26(35)30(32)42-17-15-41(2)16-18-42)31(45)25(20-43(22)29)34(46)38-12-6-4-3-5-11-37-27(44)7-8-28-39-33(40-48-28)23-9-13-36-14-10-23/h9-10,13-14,19-20,22H,3-8,11-12,15-18,21H2,1-2H3,(H,37,44)(H,38,46). The summed E-state index contributed by atoms with van der Waals surface area (Å²) in [7, 11) is 2.03. The Labute approximate surface area is 277 Å².